The SMILES string of the molecule is CC(=O)OC[C@H]1CCCN1C(=O)[C@]1(CCC(C)C)C(=O)CC(=O)c2ccccc21. The second-order valence-electron chi connectivity index (χ2n) is 8.50. The normalized spacial score (nSPS) is 24.0. The number of esters is 1. The van der Waals surface area contributed by atoms with Crippen LogP contribution in [0.1, 0.15) is 68.8 Å². The summed E-state index contributed by atoms with van der Waals surface area (Å²) >= 11 is 0. The Morgan fingerprint density at radius 1 is 1.24 bits per heavy atom. The summed E-state index contributed by atoms with van der Waals surface area (Å²) in [5, 5.41) is 0. The molecule has 1 amide bonds. The molecule has 0 N–H and O–H groups in total. The van der Waals surface area contributed by atoms with E-state index in [-0.39, 0.29) is 42.5 Å². The molecule has 2 aliphatic rings. The molecule has 0 saturated carbocycles. The van der Waals surface area contributed by atoms with Gasteiger partial charge in [0.15, 0.2) is 11.6 Å². The molecule has 0 spiro atoms. The number of amides is 1. The third-order valence-corrected chi connectivity index (χ3v) is 6.06. The summed E-state index contributed by atoms with van der Waals surface area (Å²) in [6, 6.07) is 6.77. The molecular formula is C23H29NO5. The van der Waals surface area contributed by atoms with Crippen LogP contribution >= 0.6 is 0 Å². The van der Waals surface area contributed by atoms with Gasteiger partial charge in [0.05, 0.1) is 12.5 Å². The fourth-order valence-corrected chi connectivity index (χ4v) is 4.50. The highest BCUT2D eigenvalue weighted by Crippen LogP contribution is 2.42. The number of fused-ring (bicyclic) bond motifs is 1. The van der Waals surface area contributed by atoms with Crippen LogP contribution in [0.5, 0.6) is 0 Å². The van der Waals surface area contributed by atoms with Crippen molar-refractivity contribution in [2.24, 2.45) is 5.92 Å². The van der Waals surface area contributed by atoms with Gasteiger partial charge in [0, 0.05) is 19.0 Å². The minimum Gasteiger partial charge on any atom is -0.464 e. The van der Waals surface area contributed by atoms with Crippen LogP contribution in [0.4, 0.5) is 0 Å². The zero-order valence-electron chi connectivity index (χ0n) is 17.4. The van der Waals surface area contributed by atoms with Gasteiger partial charge in [-0.05, 0) is 37.2 Å². The highest BCUT2D eigenvalue weighted by atomic mass is 16.5. The molecule has 1 fully saturated rings. The van der Waals surface area contributed by atoms with Gasteiger partial charge in [-0.2, -0.15) is 0 Å². The van der Waals surface area contributed by atoms with E-state index in [2.05, 4.69) is 13.8 Å². The van der Waals surface area contributed by atoms with Crippen molar-refractivity contribution < 1.29 is 23.9 Å². The summed E-state index contributed by atoms with van der Waals surface area (Å²) in [5.74, 6) is -0.865. The lowest BCUT2D eigenvalue weighted by molar-refractivity contribution is -0.150. The molecule has 29 heavy (non-hydrogen) atoms. The van der Waals surface area contributed by atoms with Gasteiger partial charge >= 0.3 is 5.97 Å². The molecule has 1 aromatic rings. The molecule has 1 aliphatic carbocycles. The minimum atomic E-state index is -1.34. The topological polar surface area (TPSA) is 80.8 Å². The molecule has 0 bridgehead atoms. The summed E-state index contributed by atoms with van der Waals surface area (Å²) in [5.41, 5.74) is -0.335. The highest BCUT2D eigenvalue weighted by Gasteiger charge is 2.54. The predicted molar refractivity (Wildman–Crippen MR) is 108 cm³/mol. The molecule has 1 aliphatic heterocycles. The first kappa shape index (κ1) is 21.2. The molecule has 0 unspecified atom stereocenters. The lowest BCUT2D eigenvalue weighted by Gasteiger charge is -2.40. The molecule has 1 saturated heterocycles. The van der Waals surface area contributed by atoms with Crippen molar-refractivity contribution in [3.05, 3.63) is 35.4 Å². The van der Waals surface area contributed by atoms with Crippen molar-refractivity contribution in [1.29, 1.82) is 0 Å². The van der Waals surface area contributed by atoms with E-state index < -0.39 is 5.41 Å². The second-order valence-corrected chi connectivity index (χ2v) is 8.50. The van der Waals surface area contributed by atoms with Gasteiger partial charge in [-0.15, -0.1) is 0 Å². The molecule has 3 rings (SSSR count). The molecule has 2 atom stereocenters. The summed E-state index contributed by atoms with van der Waals surface area (Å²) in [6.07, 6.45) is 2.36. The van der Waals surface area contributed by atoms with Crippen LogP contribution in [0.15, 0.2) is 24.3 Å². The number of ketones is 2. The molecule has 6 heteroatoms. The standard InChI is InChI=1S/C23H29NO5/c1-15(2)10-11-23(19-9-5-4-8-18(19)20(26)13-21(23)27)22(28)24-12-6-7-17(24)14-29-16(3)25/h4-5,8-9,15,17H,6-7,10-14H2,1-3H3/t17-,23+/m1/s1. The van der Waals surface area contributed by atoms with Crippen molar-refractivity contribution >= 4 is 23.4 Å². The Balaban J connectivity index is 2.04. The number of carbonyl (C=O) groups excluding carboxylic acids is 4. The lowest BCUT2D eigenvalue weighted by Crippen LogP contribution is -2.56. The Morgan fingerprint density at radius 3 is 2.66 bits per heavy atom. The minimum absolute atomic E-state index is 0.135. The molecule has 156 valence electrons. The Hall–Kier alpha value is -2.50. The van der Waals surface area contributed by atoms with Crippen LogP contribution in [0.25, 0.3) is 0 Å². The van der Waals surface area contributed by atoms with Crippen molar-refractivity contribution in [2.45, 2.75) is 64.3 Å². The Labute approximate surface area is 171 Å². The first-order valence-electron chi connectivity index (χ1n) is 10.4. The zero-order chi connectivity index (χ0) is 21.2. The van der Waals surface area contributed by atoms with E-state index in [0.29, 0.717) is 36.4 Å². The third-order valence-electron chi connectivity index (χ3n) is 6.06. The third kappa shape index (κ3) is 3.98. The molecule has 1 aromatic carbocycles. The predicted octanol–water partition coefficient (Wildman–Crippen LogP) is 3.07. The zero-order valence-corrected chi connectivity index (χ0v) is 17.4. The quantitative estimate of drug-likeness (QED) is 0.542. The smallest absolute Gasteiger partial charge is 0.302 e. The number of hydrogen-bond donors (Lipinski definition) is 0. The maximum Gasteiger partial charge on any atom is 0.302 e. The van der Waals surface area contributed by atoms with Crippen molar-refractivity contribution in [3.63, 3.8) is 0 Å². The fourth-order valence-electron chi connectivity index (χ4n) is 4.50. The average Bonchev–Trinajstić information content (AvgIpc) is 3.14. The number of nitrogens with zero attached hydrogens (tertiary/aromatic N) is 1. The van der Waals surface area contributed by atoms with Crippen LogP contribution in [-0.4, -0.2) is 47.5 Å². The van der Waals surface area contributed by atoms with Crippen molar-refractivity contribution in [3.8, 4) is 0 Å². The van der Waals surface area contributed by atoms with Crippen LogP contribution in [-0.2, 0) is 24.5 Å². The van der Waals surface area contributed by atoms with Crippen molar-refractivity contribution in [1.82, 2.24) is 4.90 Å². The molecule has 0 aromatic heterocycles. The second kappa shape index (κ2) is 8.47. The van der Waals surface area contributed by atoms with Crippen LogP contribution in [0, 0.1) is 5.92 Å². The maximum absolute atomic E-state index is 13.9. The number of Topliss-reactive ketones (excluding diaryl/α,β-unsaturated/α-hetero) is 2. The van der Waals surface area contributed by atoms with E-state index >= 15 is 0 Å². The maximum atomic E-state index is 13.9. The van der Waals surface area contributed by atoms with E-state index in [0.717, 1.165) is 12.8 Å². The van der Waals surface area contributed by atoms with Gasteiger partial charge in [-0.1, -0.05) is 38.1 Å². The van der Waals surface area contributed by atoms with Crippen LogP contribution < -0.4 is 0 Å². The number of benzene rings is 1. The number of ether oxygens (including phenoxy) is 1. The number of likely N-dealkylation sites (tertiary alicyclic amines) is 1. The van der Waals surface area contributed by atoms with E-state index in [1.54, 1.807) is 29.2 Å². The largest absolute Gasteiger partial charge is 0.464 e. The molecular weight excluding hydrogens is 370 g/mol. The highest BCUT2D eigenvalue weighted by molar-refractivity contribution is 6.24. The lowest BCUT2D eigenvalue weighted by atomic mass is 9.64. The molecule has 1 heterocycles. The Morgan fingerprint density at radius 2 is 1.97 bits per heavy atom. The van der Waals surface area contributed by atoms with Crippen LogP contribution in [0.3, 0.4) is 0 Å². The number of hydrogen-bond acceptors (Lipinski definition) is 5. The first-order valence-corrected chi connectivity index (χ1v) is 10.4. The summed E-state index contributed by atoms with van der Waals surface area (Å²) in [7, 11) is 0. The van der Waals surface area contributed by atoms with Gasteiger partial charge in [0.1, 0.15) is 12.0 Å². The van der Waals surface area contributed by atoms with Gasteiger partial charge in [-0.3, -0.25) is 19.2 Å². The number of rotatable bonds is 6. The van der Waals surface area contributed by atoms with Crippen molar-refractivity contribution in [2.75, 3.05) is 13.2 Å². The summed E-state index contributed by atoms with van der Waals surface area (Å²) < 4.78 is 5.17. The first-order chi connectivity index (χ1) is 13.8. The van der Waals surface area contributed by atoms with Gasteiger partial charge < -0.3 is 9.64 Å². The van der Waals surface area contributed by atoms with E-state index in [1.165, 1.54) is 6.92 Å². The van der Waals surface area contributed by atoms with E-state index in [1.807, 2.05) is 0 Å². The van der Waals surface area contributed by atoms with Gasteiger partial charge in [-0.25, -0.2) is 0 Å². The summed E-state index contributed by atoms with van der Waals surface area (Å²) in [6.45, 7) is 6.12. The Kier molecular flexibility index (Phi) is 6.20. The molecule has 6 nitrogen and oxygen atoms in total. The van der Waals surface area contributed by atoms with E-state index in [4.69, 9.17) is 4.74 Å². The van der Waals surface area contributed by atoms with Gasteiger partial charge in [0.2, 0.25) is 5.91 Å². The average molecular weight is 399 g/mol. The summed E-state index contributed by atoms with van der Waals surface area (Å²) in [4.78, 5) is 52.7. The van der Waals surface area contributed by atoms with Gasteiger partial charge in [0.25, 0.3) is 0 Å². The number of carbonyl (C=O) groups is 4. The fraction of sp³-hybridized carbons (Fsp3) is 0.565. The monoisotopic (exact) mass is 399 g/mol. The van der Waals surface area contributed by atoms with Crippen LogP contribution in [0.2, 0.25) is 0 Å². The Bertz CT molecular complexity index is 830. The van der Waals surface area contributed by atoms with E-state index in [9.17, 15) is 19.2 Å². The molecule has 0 radical (unpaired) electrons.